The van der Waals surface area contributed by atoms with Gasteiger partial charge in [-0.15, -0.1) is 0 Å². The summed E-state index contributed by atoms with van der Waals surface area (Å²) in [5.74, 6) is -0.0976. The Balaban J connectivity index is 2.21. The van der Waals surface area contributed by atoms with Crippen LogP contribution in [0.25, 0.3) is 0 Å². The van der Waals surface area contributed by atoms with Gasteiger partial charge in [-0.1, -0.05) is 30.3 Å². The highest BCUT2D eigenvalue weighted by atomic mass is 35.7. The van der Waals surface area contributed by atoms with Crippen molar-refractivity contribution in [1.29, 1.82) is 0 Å². The molecular weight excluding hydrogens is 302 g/mol. The maximum Gasteiger partial charge on any atom is 0.407 e. The number of halogens is 1. The highest BCUT2D eigenvalue weighted by molar-refractivity contribution is 8.13. The van der Waals surface area contributed by atoms with Gasteiger partial charge in [0.2, 0.25) is 9.05 Å². The maximum atomic E-state index is 11.5. The number of hydrogen-bond donors (Lipinski definition) is 1. The molecule has 112 valence electrons. The molecule has 0 saturated heterocycles. The molecule has 0 fully saturated rings. The van der Waals surface area contributed by atoms with Crippen LogP contribution in [0.2, 0.25) is 0 Å². The molecule has 0 aliphatic heterocycles. The van der Waals surface area contributed by atoms with E-state index in [0.29, 0.717) is 12.8 Å². The lowest BCUT2D eigenvalue weighted by molar-refractivity contribution is 0.136. The lowest BCUT2D eigenvalue weighted by Gasteiger charge is -2.13. The van der Waals surface area contributed by atoms with Crippen LogP contribution in [-0.4, -0.2) is 26.3 Å². The molecule has 0 aliphatic rings. The van der Waals surface area contributed by atoms with Crippen LogP contribution in [0.5, 0.6) is 0 Å². The van der Waals surface area contributed by atoms with Crippen LogP contribution in [0.15, 0.2) is 30.3 Å². The number of amides is 1. The van der Waals surface area contributed by atoms with E-state index in [2.05, 4.69) is 5.32 Å². The Labute approximate surface area is 123 Å². The van der Waals surface area contributed by atoms with Crippen molar-refractivity contribution in [3.05, 3.63) is 35.9 Å². The van der Waals surface area contributed by atoms with Gasteiger partial charge < -0.3 is 10.1 Å². The Hall–Kier alpha value is -1.27. The second-order valence-corrected chi connectivity index (χ2v) is 7.39. The Morgan fingerprint density at radius 2 is 2.00 bits per heavy atom. The summed E-state index contributed by atoms with van der Waals surface area (Å²) in [6.45, 7) is 1.99. The zero-order valence-electron chi connectivity index (χ0n) is 11.2. The van der Waals surface area contributed by atoms with Gasteiger partial charge >= 0.3 is 6.09 Å². The van der Waals surface area contributed by atoms with E-state index in [9.17, 15) is 13.2 Å². The SMILES string of the molecule is C[C@H](CCCS(=O)(=O)Cl)NC(=O)OCc1ccccc1. The molecule has 20 heavy (non-hydrogen) atoms. The fourth-order valence-corrected chi connectivity index (χ4v) is 2.44. The first-order valence-corrected chi connectivity index (χ1v) is 8.74. The minimum Gasteiger partial charge on any atom is -0.445 e. The first kappa shape index (κ1) is 16.8. The molecule has 1 rings (SSSR count). The minimum absolute atomic E-state index is 0.0976. The van der Waals surface area contributed by atoms with Gasteiger partial charge in [-0.2, -0.15) is 0 Å². The zero-order chi connectivity index (χ0) is 15.0. The summed E-state index contributed by atoms with van der Waals surface area (Å²) >= 11 is 0. The van der Waals surface area contributed by atoms with Gasteiger partial charge in [0.25, 0.3) is 0 Å². The number of hydrogen-bond acceptors (Lipinski definition) is 4. The molecule has 1 amide bonds. The van der Waals surface area contributed by atoms with Crippen LogP contribution in [-0.2, 0) is 20.4 Å². The molecular formula is C13H18ClNO4S. The molecule has 0 radical (unpaired) electrons. The van der Waals surface area contributed by atoms with Gasteiger partial charge in [-0.05, 0) is 25.3 Å². The Morgan fingerprint density at radius 1 is 1.35 bits per heavy atom. The fourth-order valence-electron chi connectivity index (χ4n) is 1.60. The Morgan fingerprint density at radius 3 is 2.60 bits per heavy atom. The number of nitrogens with one attached hydrogen (secondary N) is 1. The van der Waals surface area contributed by atoms with E-state index in [1.165, 1.54) is 0 Å². The number of alkyl carbamates (subject to hydrolysis) is 1. The van der Waals surface area contributed by atoms with Crippen molar-refractivity contribution in [2.45, 2.75) is 32.4 Å². The first-order chi connectivity index (χ1) is 9.37. The monoisotopic (exact) mass is 319 g/mol. The first-order valence-electron chi connectivity index (χ1n) is 6.26. The van der Waals surface area contributed by atoms with Crippen molar-refractivity contribution in [3.63, 3.8) is 0 Å². The zero-order valence-corrected chi connectivity index (χ0v) is 12.8. The van der Waals surface area contributed by atoms with Crippen LogP contribution in [0.1, 0.15) is 25.3 Å². The highest BCUT2D eigenvalue weighted by Gasteiger charge is 2.10. The van der Waals surface area contributed by atoms with E-state index in [1.54, 1.807) is 6.92 Å². The van der Waals surface area contributed by atoms with Gasteiger partial charge in [-0.25, -0.2) is 13.2 Å². The summed E-state index contributed by atoms with van der Waals surface area (Å²) in [5.41, 5.74) is 0.906. The largest absolute Gasteiger partial charge is 0.445 e. The van der Waals surface area contributed by atoms with Crippen molar-refractivity contribution < 1.29 is 17.9 Å². The van der Waals surface area contributed by atoms with Crippen LogP contribution >= 0.6 is 10.7 Å². The molecule has 1 aromatic carbocycles. The average molecular weight is 320 g/mol. The minimum atomic E-state index is -3.47. The standard InChI is InChI=1S/C13H18ClNO4S/c1-11(6-5-9-20(14,17)18)15-13(16)19-10-12-7-3-2-4-8-12/h2-4,7-8,11H,5-6,9-10H2,1H3,(H,15,16)/t11-/m1/s1. The average Bonchev–Trinajstić information content (AvgIpc) is 2.36. The molecule has 0 aliphatic carbocycles. The molecule has 0 saturated carbocycles. The summed E-state index contributed by atoms with van der Waals surface area (Å²) in [4.78, 5) is 11.5. The van der Waals surface area contributed by atoms with Crippen LogP contribution in [0, 0.1) is 0 Å². The number of benzene rings is 1. The topological polar surface area (TPSA) is 72.5 Å². The summed E-state index contributed by atoms with van der Waals surface area (Å²) in [7, 11) is 1.63. The van der Waals surface area contributed by atoms with Gasteiger partial charge in [0.1, 0.15) is 6.61 Å². The molecule has 0 bridgehead atoms. The van der Waals surface area contributed by atoms with E-state index < -0.39 is 15.1 Å². The highest BCUT2D eigenvalue weighted by Crippen LogP contribution is 2.05. The number of ether oxygens (including phenoxy) is 1. The molecule has 0 aromatic heterocycles. The molecule has 1 aromatic rings. The smallest absolute Gasteiger partial charge is 0.407 e. The van der Waals surface area contributed by atoms with E-state index in [1.807, 2.05) is 30.3 Å². The number of carbonyl (C=O) groups excluding carboxylic acids is 1. The third-order valence-electron chi connectivity index (χ3n) is 2.60. The van der Waals surface area contributed by atoms with Crippen LogP contribution in [0.3, 0.4) is 0 Å². The summed E-state index contributed by atoms with van der Waals surface area (Å²) in [5, 5.41) is 2.64. The third-order valence-corrected chi connectivity index (χ3v) is 3.84. The van der Waals surface area contributed by atoms with Crippen molar-refractivity contribution >= 4 is 25.8 Å². The second kappa shape index (κ2) is 8.11. The van der Waals surface area contributed by atoms with E-state index in [-0.39, 0.29) is 18.4 Å². The predicted octanol–water partition coefficient (Wildman–Crippen LogP) is 2.65. The quantitative estimate of drug-likeness (QED) is 0.784. The molecule has 0 heterocycles. The van der Waals surface area contributed by atoms with Crippen molar-refractivity contribution in [2.24, 2.45) is 0 Å². The lowest BCUT2D eigenvalue weighted by Crippen LogP contribution is -2.33. The van der Waals surface area contributed by atoms with Gasteiger partial charge in [-0.3, -0.25) is 0 Å². The van der Waals surface area contributed by atoms with Crippen LogP contribution in [0.4, 0.5) is 4.79 Å². The fraction of sp³-hybridized carbons (Fsp3) is 0.462. The van der Waals surface area contributed by atoms with Gasteiger partial charge in [0, 0.05) is 16.7 Å². The number of rotatable bonds is 7. The Bertz CT molecular complexity index is 518. The van der Waals surface area contributed by atoms with Gasteiger partial charge in [0.05, 0.1) is 5.75 Å². The van der Waals surface area contributed by atoms with E-state index in [0.717, 1.165) is 5.56 Å². The Kier molecular flexibility index (Phi) is 6.81. The summed E-state index contributed by atoms with van der Waals surface area (Å²) in [6, 6.07) is 9.18. The molecule has 0 unspecified atom stereocenters. The molecule has 1 N–H and O–H groups in total. The normalized spacial score (nSPS) is 12.7. The lowest BCUT2D eigenvalue weighted by atomic mass is 10.2. The summed E-state index contributed by atoms with van der Waals surface area (Å²) < 4.78 is 26.5. The van der Waals surface area contributed by atoms with Crippen LogP contribution < -0.4 is 5.32 Å². The van der Waals surface area contributed by atoms with Crippen molar-refractivity contribution in [2.75, 3.05) is 5.75 Å². The molecule has 5 nitrogen and oxygen atoms in total. The van der Waals surface area contributed by atoms with Crippen molar-refractivity contribution in [1.82, 2.24) is 5.32 Å². The van der Waals surface area contributed by atoms with E-state index in [4.69, 9.17) is 15.4 Å². The summed E-state index contributed by atoms with van der Waals surface area (Å²) in [6.07, 6.45) is 0.397. The predicted molar refractivity (Wildman–Crippen MR) is 78.1 cm³/mol. The van der Waals surface area contributed by atoms with Crippen molar-refractivity contribution in [3.8, 4) is 0 Å². The molecule has 7 heteroatoms. The van der Waals surface area contributed by atoms with Gasteiger partial charge in [0.15, 0.2) is 0 Å². The maximum absolute atomic E-state index is 11.5. The number of carbonyl (C=O) groups is 1. The molecule has 0 spiro atoms. The van der Waals surface area contributed by atoms with E-state index >= 15 is 0 Å². The molecule has 1 atom stereocenters. The second-order valence-electron chi connectivity index (χ2n) is 4.49. The third kappa shape index (κ3) is 8.01.